The number of guanidine groups is 1. The highest BCUT2D eigenvalue weighted by atomic mass is 127. The van der Waals surface area contributed by atoms with Crippen molar-refractivity contribution in [3.63, 3.8) is 0 Å². The fourth-order valence-electron chi connectivity index (χ4n) is 2.08. The number of rotatable bonds is 4. The number of hydrogen-bond acceptors (Lipinski definition) is 3. The number of halogens is 4. The van der Waals surface area contributed by atoms with Gasteiger partial charge in [0.1, 0.15) is 0 Å². The lowest BCUT2D eigenvalue weighted by atomic mass is 10.1. The lowest BCUT2D eigenvalue weighted by Crippen LogP contribution is -2.52. The van der Waals surface area contributed by atoms with Crippen LogP contribution in [0.5, 0.6) is 0 Å². The van der Waals surface area contributed by atoms with Gasteiger partial charge in [-0.3, -0.25) is 4.99 Å². The van der Waals surface area contributed by atoms with Crippen LogP contribution in [0.1, 0.15) is 26.7 Å². The third-order valence-corrected chi connectivity index (χ3v) is 4.96. The van der Waals surface area contributed by atoms with E-state index in [1.54, 1.807) is 7.05 Å². The molecule has 23 heavy (non-hydrogen) atoms. The zero-order chi connectivity index (χ0) is 17.0. The van der Waals surface area contributed by atoms with Crippen LogP contribution in [0.15, 0.2) is 4.99 Å². The molecule has 1 rings (SSSR count). The Morgan fingerprint density at radius 2 is 1.83 bits per heavy atom. The summed E-state index contributed by atoms with van der Waals surface area (Å²) in [5.41, 5.74) is -5.23. The molecule has 0 amide bonds. The summed E-state index contributed by atoms with van der Waals surface area (Å²) >= 11 is 0. The van der Waals surface area contributed by atoms with E-state index in [1.165, 1.54) is 0 Å². The topological polar surface area (TPSA) is 73.8 Å². The summed E-state index contributed by atoms with van der Waals surface area (Å²) in [7, 11) is -3.61. The molecule has 0 radical (unpaired) electrons. The molecule has 1 saturated heterocycles. The molecule has 1 heterocycles. The van der Waals surface area contributed by atoms with Crippen molar-refractivity contribution in [1.29, 1.82) is 0 Å². The van der Waals surface area contributed by atoms with E-state index in [1.807, 2.05) is 13.8 Å². The second-order valence-electron chi connectivity index (χ2n) is 5.62. The van der Waals surface area contributed by atoms with Gasteiger partial charge in [0.05, 0.1) is 0 Å². The van der Waals surface area contributed by atoms with Crippen LogP contribution >= 0.6 is 24.0 Å². The van der Waals surface area contributed by atoms with Gasteiger partial charge < -0.3 is 10.6 Å². The maximum atomic E-state index is 12.5. The summed E-state index contributed by atoms with van der Waals surface area (Å²) in [4.78, 5) is 4.04. The van der Waals surface area contributed by atoms with E-state index in [4.69, 9.17) is 0 Å². The number of nitrogens with zero attached hydrogens (tertiary/aromatic N) is 2. The van der Waals surface area contributed by atoms with E-state index in [0.717, 1.165) is 6.54 Å². The average molecular weight is 472 g/mol. The Balaban J connectivity index is 0.00000484. The van der Waals surface area contributed by atoms with Gasteiger partial charge in [-0.2, -0.15) is 17.5 Å². The summed E-state index contributed by atoms with van der Waals surface area (Å²) in [5, 5.41) is 6.22. The first-order chi connectivity index (χ1) is 10.1. The lowest BCUT2D eigenvalue weighted by molar-refractivity contribution is -0.0494. The molecule has 0 aliphatic carbocycles. The predicted molar refractivity (Wildman–Crippen MR) is 94.3 cm³/mol. The van der Waals surface area contributed by atoms with Crippen molar-refractivity contribution in [3.05, 3.63) is 0 Å². The molecule has 0 saturated carbocycles. The Kier molecular flexibility index (Phi) is 9.13. The molecule has 1 aliphatic rings. The van der Waals surface area contributed by atoms with Crippen molar-refractivity contribution >= 4 is 40.0 Å². The lowest BCUT2D eigenvalue weighted by Gasteiger charge is -2.32. The van der Waals surface area contributed by atoms with Gasteiger partial charge in [-0.15, -0.1) is 24.0 Å². The molecule has 2 N–H and O–H groups in total. The van der Waals surface area contributed by atoms with E-state index in [2.05, 4.69) is 15.6 Å². The van der Waals surface area contributed by atoms with E-state index >= 15 is 0 Å². The fourth-order valence-corrected chi connectivity index (χ4v) is 3.06. The molecule has 0 spiro atoms. The van der Waals surface area contributed by atoms with Crippen molar-refractivity contribution < 1.29 is 21.6 Å². The Labute approximate surface area is 152 Å². The number of aliphatic imine (C=N–C) groups is 1. The summed E-state index contributed by atoms with van der Waals surface area (Å²) in [6, 6.07) is -0.0990. The summed E-state index contributed by atoms with van der Waals surface area (Å²) in [6.07, 6.45) is 0.607. The normalized spacial score (nSPS) is 18.7. The molecule has 0 bridgehead atoms. The van der Waals surface area contributed by atoms with E-state index in [0.29, 0.717) is 29.0 Å². The van der Waals surface area contributed by atoms with Crippen LogP contribution in [0.4, 0.5) is 13.2 Å². The Morgan fingerprint density at radius 3 is 2.22 bits per heavy atom. The minimum atomic E-state index is -5.23. The molecule has 1 fully saturated rings. The van der Waals surface area contributed by atoms with Crippen LogP contribution < -0.4 is 10.6 Å². The molecule has 0 aromatic rings. The first-order valence-electron chi connectivity index (χ1n) is 7.11. The van der Waals surface area contributed by atoms with Crippen LogP contribution in [0.2, 0.25) is 0 Å². The summed E-state index contributed by atoms with van der Waals surface area (Å²) < 4.78 is 60.6. The van der Waals surface area contributed by atoms with E-state index in [-0.39, 0.29) is 43.1 Å². The maximum Gasteiger partial charge on any atom is 0.511 e. The fraction of sp³-hybridized carbons (Fsp3) is 0.917. The number of sulfonamides is 1. The molecular formula is C12H24F3IN4O2S. The SMILES string of the molecule is CN=C(NCC(C)C)NC1CCN(S(=O)(=O)C(F)(F)F)CC1.I. The van der Waals surface area contributed by atoms with Crippen molar-refractivity contribution in [2.45, 2.75) is 38.2 Å². The highest BCUT2D eigenvalue weighted by Crippen LogP contribution is 2.28. The molecule has 1 aliphatic heterocycles. The smallest absolute Gasteiger partial charge is 0.356 e. The van der Waals surface area contributed by atoms with E-state index < -0.39 is 15.5 Å². The summed E-state index contributed by atoms with van der Waals surface area (Å²) in [6.45, 7) is 4.50. The Bertz CT molecular complexity index is 489. The predicted octanol–water partition coefficient (Wildman–Crippen LogP) is 1.74. The highest BCUT2D eigenvalue weighted by molar-refractivity contribution is 14.0. The number of alkyl halides is 3. The molecule has 0 aromatic carbocycles. The third kappa shape index (κ3) is 6.61. The zero-order valence-corrected chi connectivity index (χ0v) is 16.5. The third-order valence-electron chi connectivity index (χ3n) is 3.33. The van der Waals surface area contributed by atoms with Crippen molar-refractivity contribution in [1.82, 2.24) is 14.9 Å². The van der Waals surface area contributed by atoms with Crippen molar-refractivity contribution in [2.75, 3.05) is 26.7 Å². The Hall–Kier alpha value is -0.300. The first-order valence-corrected chi connectivity index (χ1v) is 8.55. The summed E-state index contributed by atoms with van der Waals surface area (Å²) in [5.74, 6) is 1.00. The zero-order valence-electron chi connectivity index (χ0n) is 13.4. The molecule has 138 valence electrons. The van der Waals surface area contributed by atoms with Crippen molar-refractivity contribution in [3.8, 4) is 0 Å². The van der Waals surface area contributed by atoms with Gasteiger partial charge >= 0.3 is 15.5 Å². The van der Waals surface area contributed by atoms with Crippen LogP contribution in [-0.2, 0) is 10.0 Å². The minimum Gasteiger partial charge on any atom is -0.356 e. The molecule has 11 heteroatoms. The van der Waals surface area contributed by atoms with Gasteiger partial charge in [0.2, 0.25) is 0 Å². The molecule has 0 atom stereocenters. The van der Waals surface area contributed by atoms with Crippen molar-refractivity contribution in [2.24, 2.45) is 10.9 Å². The quantitative estimate of drug-likeness (QED) is 0.372. The Morgan fingerprint density at radius 1 is 1.30 bits per heavy atom. The molecule has 0 unspecified atom stereocenters. The second kappa shape index (κ2) is 9.25. The number of piperidine rings is 1. The van der Waals surface area contributed by atoms with Gasteiger partial charge in [0.15, 0.2) is 5.96 Å². The van der Waals surface area contributed by atoms with Crippen LogP contribution in [-0.4, -0.2) is 56.9 Å². The van der Waals surface area contributed by atoms with Gasteiger partial charge in [-0.1, -0.05) is 13.8 Å². The average Bonchev–Trinajstić information content (AvgIpc) is 2.42. The second-order valence-corrected chi connectivity index (χ2v) is 7.54. The number of hydrogen-bond donors (Lipinski definition) is 2. The molecular weight excluding hydrogens is 448 g/mol. The van der Waals surface area contributed by atoms with Gasteiger partial charge in [-0.25, -0.2) is 8.42 Å². The first kappa shape index (κ1) is 22.7. The molecule has 0 aromatic heterocycles. The standard InChI is InChI=1S/C12H23F3N4O2S.HI/c1-9(2)8-17-11(16-3)18-10-4-6-19(7-5-10)22(20,21)12(13,14)15;/h9-10H,4-8H2,1-3H3,(H2,16,17,18);1H. The maximum absolute atomic E-state index is 12.5. The van der Waals surface area contributed by atoms with Gasteiger partial charge in [-0.05, 0) is 18.8 Å². The van der Waals surface area contributed by atoms with Crippen LogP contribution in [0.25, 0.3) is 0 Å². The van der Waals surface area contributed by atoms with Gasteiger partial charge in [0.25, 0.3) is 0 Å². The minimum absolute atomic E-state index is 0. The molecule has 6 nitrogen and oxygen atoms in total. The highest BCUT2D eigenvalue weighted by Gasteiger charge is 2.50. The van der Waals surface area contributed by atoms with E-state index in [9.17, 15) is 21.6 Å². The van der Waals surface area contributed by atoms with Crippen LogP contribution in [0, 0.1) is 5.92 Å². The largest absolute Gasteiger partial charge is 0.511 e. The number of nitrogens with one attached hydrogen (secondary N) is 2. The van der Waals surface area contributed by atoms with Gasteiger partial charge in [0, 0.05) is 32.7 Å². The van der Waals surface area contributed by atoms with Crippen LogP contribution in [0.3, 0.4) is 0 Å². The monoisotopic (exact) mass is 472 g/mol.